The summed E-state index contributed by atoms with van der Waals surface area (Å²) in [5.74, 6) is -0.880. The van der Waals surface area contributed by atoms with Gasteiger partial charge in [0.2, 0.25) is 0 Å². The highest BCUT2D eigenvalue weighted by molar-refractivity contribution is 5.96. The van der Waals surface area contributed by atoms with Gasteiger partial charge in [-0.25, -0.2) is 10.4 Å². The quantitative estimate of drug-likeness (QED) is 0.235. The maximum atomic E-state index is 13.1. The van der Waals surface area contributed by atoms with Crippen LogP contribution in [0.2, 0.25) is 0 Å². The number of aromatic nitrogens is 2. The first-order valence-corrected chi connectivity index (χ1v) is 10.2. The average molecular weight is 496 g/mol. The highest BCUT2D eigenvalue weighted by atomic mass is 19.4. The molecule has 10 nitrogen and oxygen atoms in total. The predicted molar refractivity (Wildman–Crippen MR) is 124 cm³/mol. The van der Waals surface area contributed by atoms with E-state index >= 15 is 0 Å². The Morgan fingerprint density at radius 1 is 1.08 bits per heavy atom. The Bertz CT molecular complexity index is 1570. The number of carbonyl (C=O) groups is 1. The minimum absolute atomic E-state index is 0.0206. The Morgan fingerprint density at radius 2 is 1.86 bits per heavy atom. The van der Waals surface area contributed by atoms with Crippen LogP contribution in [0.4, 0.5) is 30.4 Å². The molecule has 2 aromatic heterocycles. The van der Waals surface area contributed by atoms with Gasteiger partial charge in [0.05, 0.1) is 16.7 Å². The van der Waals surface area contributed by atoms with E-state index in [1.807, 2.05) is 0 Å². The Hall–Kier alpha value is -5.07. The van der Waals surface area contributed by atoms with Gasteiger partial charge in [-0.3, -0.25) is 24.1 Å². The van der Waals surface area contributed by atoms with E-state index in [0.717, 1.165) is 24.4 Å². The number of amides is 1. The van der Waals surface area contributed by atoms with Crippen LogP contribution < -0.4 is 16.3 Å². The molecule has 182 valence electrons. The summed E-state index contributed by atoms with van der Waals surface area (Å²) in [4.78, 5) is 40.0. The number of halogens is 3. The number of rotatable bonds is 6. The molecule has 0 aliphatic heterocycles. The number of benzene rings is 2. The maximum Gasteiger partial charge on any atom is 0.416 e. The second-order valence-corrected chi connectivity index (χ2v) is 7.32. The first-order valence-electron chi connectivity index (χ1n) is 10.2. The SMILES string of the molecule is O=C(N/N=C/c1c(Nc2cccc(C(F)(F)F)c2)nc2ccccn2c1=O)c1cccc([N+](=O)[O-])c1. The molecule has 13 heteroatoms. The Morgan fingerprint density at radius 3 is 2.61 bits per heavy atom. The maximum absolute atomic E-state index is 13.1. The number of nitro benzene ring substituents is 1. The third-order valence-corrected chi connectivity index (χ3v) is 4.90. The van der Waals surface area contributed by atoms with Crippen LogP contribution in [-0.2, 0) is 6.18 Å². The zero-order valence-electron chi connectivity index (χ0n) is 18.1. The highest BCUT2D eigenvalue weighted by Crippen LogP contribution is 2.31. The fourth-order valence-electron chi connectivity index (χ4n) is 3.21. The smallest absolute Gasteiger partial charge is 0.339 e. The molecule has 4 rings (SSSR count). The molecule has 2 heterocycles. The zero-order chi connectivity index (χ0) is 25.9. The molecule has 0 unspecified atom stereocenters. The normalized spacial score (nSPS) is 11.5. The van der Waals surface area contributed by atoms with Crippen molar-refractivity contribution in [3.8, 4) is 0 Å². The molecule has 0 atom stereocenters. The molecular formula is C23H15F3N6O4. The van der Waals surface area contributed by atoms with Crippen LogP contribution in [0.3, 0.4) is 0 Å². The highest BCUT2D eigenvalue weighted by Gasteiger charge is 2.30. The number of pyridine rings is 1. The molecule has 0 radical (unpaired) electrons. The fourth-order valence-corrected chi connectivity index (χ4v) is 3.21. The lowest BCUT2D eigenvalue weighted by atomic mass is 10.2. The second kappa shape index (κ2) is 9.66. The number of nitrogens with zero attached hydrogens (tertiary/aromatic N) is 4. The van der Waals surface area contributed by atoms with Gasteiger partial charge in [-0.2, -0.15) is 18.3 Å². The van der Waals surface area contributed by atoms with Gasteiger partial charge in [-0.05, 0) is 36.4 Å². The van der Waals surface area contributed by atoms with Crippen molar-refractivity contribution < 1.29 is 22.9 Å². The number of alkyl halides is 3. The van der Waals surface area contributed by atoms with Crippen molar-refractivity contribution >= 4 is 35.0 Å². The first kappa shape index (κ1) is 24.1. The number of nitrogens with one attached hydrogen (secondary N) is 2. The van der Waals surface area contributed by atoms with Gasteiger partial charge in [0.15, 0.2) is 0 Å². The van der Waals surface area contributed by atoms with Gasteiger partial charge < -0.3 is 5.32 Å². The minimum Gasteiger partial charge on any atom is -0.339 e. The van der Waals surface area contributed by atoms with E-state index in [1.54, 1.807) is 12.1 Å². The van der Waals surface area contributed by atoms with Crippen LogP contribution in [0, 0.1) is 10.1 Å². The van der Waals surface area contributed by atoms with Gasteiger partial charge in [-0.1, -0.05) is 18.2 Å². The van der Waals surface area contributed by atoms with Crippen molar-refractivity contribution in [2.24, 2.45) is 5.10 Å². The lowest BCUT2D eigenvalue weighted by molar-refractivity contribution is -0.384. The number of non-ortho nitro benzene ring substituents is 1. The van der Waals surface area contributed by atoms with Crippen LogP contribution in [0.15, 0.2) is 82.8 Å². The number of fused-ring (bicyclic) bond motifs is 1. The first-order chi connectivity index (χ1) is 17.1. The molecule has 0 fully saturated rings. The summed E-state index contributed by atoms with van der Waals surface area (Å²) >= 11 is 0. The molecule has 4 aromatic rings. The van der Waals surface area contributed by atoms with E-state index in [2.05, 4.69) is 20.8 Å². The average Bonchev–Trinajstić information content (AvgIpc) is 2.85. The number of carbonyl (C=O) groups excluding carboxylic acids is 1. The van der Waals surface area contributed by atoms with E-state index in [1.165, 1.54) is 47.0 Å². The van der Waals surface area contributed by atoms with Crippen LogP contribution in [0.5, 0.6) is 0 Å². The van der Waals surface area contributed by atoms with Crippen molar-refractivity contribution in [2.75, 3.05) is 5.32 Å². The third kappa shape index (κ3) is 5.19. The van der Waals surface area contributed by atoms with E-state index in [-0.39, 0.29) is 34.0 Å². The number of nitro groups is 1. The van der Waals surface area contributed by atoms with Gasteiger partial charge in [0.1, 0.15) is 17.0 Å². The molecule has 0 bridgehead atoms. The van der Waals surface area contributed by atoms with Crippen molar-refractivity contribution in [1.29, 1.82) is 0 Å². The van der Waals surface area contributed by atoms with E-state index in [0.29, 0.717) is 0 Å². The third-order valence-electron chi connectivity index (χ3n) is 4.90. The molecule has 36 heavy (non-hydrogen) atoms. The molecule has 1 amide bonds. The van der Waals surface area contributed by atoms with Gasteiger partial charge in [0, 0.05) is 29.6 Å². The summed E-state index contributed by atoms with van der Waals surface area (Å²) in [7, 11) is 0. The van der Waals surface area contributed by atoms with Crippen LogP contribution in [-0.4, -0.2) is 26.4 Å². The Labute approximate surface area is 199 Å². The predicted octanol–water partition coefficient (Wildman–Crippen LogP) is 4.13. The molecule has 0 aliphatic rings. The summed E-state index contributed by atoms with van der Waals surface area (Å²) in [6.07, 6.45) is -2.15. The van der Waals surface area contributed by atoms with Crippen LogP contribution >= 0.6 is 0 Å². The fraction of sp³-hybridized carbons (Fsp3) is 0.0435. The summed E-state index contributed by atoms with van der Waals surface area (Å²) in [5, 5.41) is 17.4. The Balaban J connectivity index is 1.68. The molecular weight excluding hydrogens is 481 g/mol. The largest absolute Gasteiger partial charge is 0.416 e. The summed E-state index contributed by atoms with van der Waals surface area (Å²) in [5.41, 5.74) is 0.399. The van der Waals surface area contributed by atoms with E-state index < -0.39 is 28.1 Å². The molecule has 2 N–H and O–H groups in total. The summed E-state index contributed by atoms with van der Waals surface area (Å²) < 4.78 is 40.5. The van der Waals surface area contributed by atoms with Crippen molar-refractivity contribution in [1.82, 2.24) is 14.8 Å². The van der Waals surface area contributed by atoms with Gasteiger partial charge in [0.25, 0.3) is 17.2 Å². The molecule has 0 spiro atoms. The zero-order valence-corrected chi connectivity index (χ0v) is 18.1. The van der Waals surface area contributed by atoms with Gasteiger partial charge in [-0.15, -0.1) is 0 Å². The number of hydrogen-bond donors (Lipinski definition) is 2. The number of hydrazone groups is 1. The van der Waals surface area contributed by atoms with Crippen LogP contribution in [0.1, 0.15) is 21.5 Å². The minimum atomic E-state index is -4.57. The monoisotopic (exact) mass is 496 g/mol. The van der Waals surface area contributed by atoms with Gasteiger partial charge >= 0.3 is 6.18 Å². The molecule has 0 saturated carbocycles. The molecule has 0 aliphatic carbocycles. The van der Waals surface area contributed by atoms with E-state index in [9.17, 15) is 32.9 Å². The standard InChI is InChI=1S/C23H15F3N6O4/c24-23(25,26)15-6-4-7-16(12-15)28-20-18(22(34)31-10-2-1-9-19(31)29-20)13-27-30-21(33)14-5-3-8-17(11-14)32(35)36/h1-13,28H,(H,30,33)/b27-13+. The topological polar surface area (TPSA) is 131 Å². The summed E-state index contributed by atoms with van der Waals surface area (Å²) in [6, 6.07) is 14.0. The Kier molecular flexibility index (Phi) is 6.46. The lowest BCUT2D eigenvalue weighted by Crippen LogP contribution is -2.23. The van der Waals surface area contributed by atoms with Crippen molar-refractivity contribution in [3.05, 3.63) is 110 Å². The molecule has 2 aromatic carbocycles. The lowest BCUT2D eigenvalue weighted by Gasteiger charge is -2.12. The summed E-state index contributed by atoms with van der Waals surface area (Å²) in [6.45, 7) is 0. The van der Waals surface area contributed by atoms with E-state index in [4.69, 9.17) is 0 Å². The number of hydrogen-bond acceptors (Lipinski definition) is 7. The molecule has 0 saturated heterocycles. The van der Waals surface area contributed by atoms with Crippen LogP contribution in [0.25, 0.3) is 5.65 Å². The van der Waals surface area contributed by atoms with Crippen molar-refractivity contribution in [2.45, 2.75) is 6.18 Å². The second-order valence-electron chi connectivity index (χ2n) is 7.32. The van der Waals surface area contributed by atoms with Crippen molar-refractivity contribution in [3.63, 3.8) is 0 Å². The number of anilines is 2.